The zero-order valence-corrected chi connectivity index (χ0v) is 16.4. The molecule has 4 rings (SSSR count). The summed E-state index contributed by atoms with van der Waals surface area (Å²) in [6.07, 6.45) is 0.825. The Labute approximate surface area is 166 Å². The molecule has 0 bridgehead atoms. The topological polar surface area (TPSA) is 76.5 Å². The summed E-state index contributed by atoms with van der Waals surface area (Å²) in [5.74, 6) is -1.59. The van der Waals surface area contributed by atoms with E-state index in [1.807, 2.05) is 48.7 Å². The number of rotatable bonds is 5. The molecule has 6 heteroatoms. The van der Waals surface area contributed by atoms with Crippen LogP contribution in [0.25, 0.3) is 11.1 Å². The first kappa shape index (κ1) is 18.4. The van der Waals surface area contributed by atoms with Crippen molar-refractivity contribution in [3.8, 4) is 11.1 Å². The molecule has 0 aliphatic carbocycles. The molecule has 1 unspecified atom stereocenters. The lowest BCUT2D eigenvalue weighted by molar-refractivity contribution is 0.0373. The number of esters is 1. The van der Waals surface area contributed by atoms with Gasteiger partial charge in [0.25, 0.3) is 0 Å². The van der Waals surface area contributed by atoms with Crippen LogP contribution in [-0.2, 0) is 11.2 Å². The van der Waals surface area contributed by atoms with Crippen molar-refractivity contribution < 1.29 is 19.4 Å². The van der Waals surface area contributed by atoms with Crippen molar-refractivity contribution in [2.24, 2.45) is 0 Å². The molecule has 1 aromatic carbocycles. The normalized spacial score (nSPS) is 15.4. The summed E-state index contributed by atoms with van der Waals surface area (Å²) in [6.45, 7) is 3.59. The van der Waals surface area contributed by atoms with Gasteiger partial charge in [-0.1, -0.05) is 37.3 Å². The molecule has 0 fully saturated rings. The van der Waals surface area contributed by atoms with Gasteiger partial charge in [-0.05, 0) is 35.9 Å². The van der Waals surface area contributed by atoms with Gasteiger partial charge in [0, 0.05) is 16.9 Å². The Morgan fingerprint density at radius 3 is 2.64 bits per heavy atom. The Balaban J connectivity index is 1.95. The van der Waals surface area contributed by atoms with Gasteiger partial charge in [-0.3, -0.25) is 4.98 Å². The third-order valence-electron chi connectivity index (χ3n) is 4.97. The Hall–Kier alpha value is -2.99. The third-order valence-corrected chi connectivity index (χ3v) is 5.89. The maximum atomic E-state index is 12.7. The number of carboxylic acid groups (broad SMARTS) is 1. The molecule has 1 aliphatic rings. The van der Waals surface area contributed by atoms with Crippen LogP contribution in [-0.4, -0.2) is 22.0 Å². The van der Waals surface area contributed by atoms with E-state index in [1.54, 1.807) is 18.3 Å². The number of nitrogens with zero attached hydrogens (tertiary/aromatic N) is 1. The smallest absolute Gasteiger partial charge is 0.341 e. The van der Waals surface area contributed by atoms with E-state index in [0.29, 0.717) is 35.4 Å². The van der Waals surface area contributed by atoms with Gasteiger partial charge in [-0.2, -0.15) is 0 Å². The molecule has 142 valence electrons. The minimum absolute atomic E-state index is 0.0696. The molecule has 0 amide bonds. The second-order valence-electron chi connectivity index (χ2n) is 6.73. The van der Waals surface area contributed by atoms with Gasteiger partial charge in [0.15, 0.2) is 0 Å². The maximum Gasteiger partial charge on any atom is 0.341 e. The average Bonchev–Trinajstić information content (AvgIpc) is 3.25. The van der Waals surface area contributed by atoms with Crippen LogP contribution in [0, 0.1) is 6.92 Å². The molecule has 0 spiro atoms. The van der Waals surface area contributed by atoms with Crippen molar-refractivity contribution in [1.82, 2.24) is 4.98 Å². The Kier molecular flexibility index (Phi) is 4.73. The van der Waals surface area contributed by atoms with Crippen LogP contribution in [0.5, 0.6) is 0 Å². The number of aryl methyl sites for hydroxylation is 1. The highest BCUT2D eigenvalue weighted by molar-refractivity contribution is 7.10. The zero-order valence-electron chi connectivity index (χ0n) is 15.6. The second kappa shape index (κ2) is 7.20. The van der Waals surface area contributed by atoms with Gasteiger partial charge in [0.2, 0.25) is 0 Å². The fraction of sp³-hybridized carbons (Fsp3) is 0.227. The van der Waals surface area contributed by atoms with Crippen molar-refractivity contribution in [2.45, 2.75) is 32.8 Å². The first-order chi connectivity index (χ1) is 13.5. The Morgan fingerprint density at radius 1 is 1.21 bits per heavy atom. The fourth-order valence-corrected chi connectivity index (χ4v) is 4.61. The van der Waals surface area contributed by atoms with E-state index >= 15 is 0 Å². The van der Waals surface area contributed by atoms with Gasteiger partial charge in [-0.25, -0.2) is 9.59 Å². The van der Waals surface area contributed by atoms with Gasteiger partial charge < -0.3 is 9.84 Å². The van der Waals surface area contributed by atoms with E-state index < -0.39 is 18.0 Å². The van der Waals surface area contributed by atoms with Crippen LogP contribution in [0.4, 0.5) is 0 Å². The average molecular weight is 393 g/mol. The predicted molar refractivity (Wildman–Crippen MR) is 107 cm³/mol. The van der Waals surface area contributed by atoms with Crippen molar-refractivity contribution in [3.05, 3.63) is 74.7 Å². The standard InChI is InChI=1S/C22H19NO4S/c1-3-15-20-19(22(26)27-15)18(17(21(24)25)12(2)23-20)14-9-10-28-16(14)11-13-7-5-4-6-8-13/h4-10,15H,3,11H2,1-2H3,(H,24,25). The first-order valence-electron chi connectivity index (χ1n) is 9.10. The van der Waals surface area contributed by atoms with Crippen LogP contribution in [0.1, 0.15) is 62.0 Å². The summed E-state index contributed by atoms with van der Waals surface area (Å²) in [6, 6.07) is 11.9. The van der Waals surface area contributed by atoms with E-state index in [9.17, 15) is 14.7 Å². The number of benzene rings is 1. The SMILES string of the molecule is CCC1OC(=O)c2c1nc(C)c(C(=O)O)c2-c1ccsc1Cc1ccccc1. The van der Waals surface area contributed by atoms with Gasteiger partial charge in [-0.15, -0.1) is 11.3 Å². The molecule has 0 radical (unpaired) electrons. The summed E-state index contributed by atoms with van der Waals surface area (Å²) in [7, 11) is 0. The lowest BCUT2D eigenvalue weighted by atomic mass is 9.91. The number of hydrogen-bond donors (Lipinski definition) is 1. The Morgan fingerprint density at radius 2 is 1.96 bits per heavy atom. The number of aromatic carboxylic acids is 1. The second-order valence-corrected chi connectivity index (χ2v) is 7.74. The van der Waals surface area contributed by atoms with Crippen molar-refractivity contribution in [2.75, 3.05) is 0 Å². The summed E-state index contributed by atoms with van der Waals surface area (Å²) < 4.78 is 5.48. The van der Waals surface area contributed by atoms with Crippen molar-refractivity contribution >= 4 is 23.3 Å². The molecule has 1 atom stereocenters. The van der Waals surface area contributed by atoms with Crippen LogP contribution < -0.4 is 0 Å². The Bertz CT molecular complexity index is 1070. The number of cyclic esters (lactones) is 1. The summed E-state index contributed by atoms with van der Waals surface area (Å²) in [5, 5.41) is 11.8. The molecule has 1 N–H and O–H groups in total. The van der Waals surface area contributed by atoms with Crippen LogP contribution in [0.3, 0.4) is 0 Å². The predicted octanol–water partition coefficient (Wildman–Crippen LogP) is 5.03. The molecule has 5 nitrogen and oxygen atoms in total. The highest BCUT2D eigenvalue weighted by Crippen LogP contribution is 2.43. The van der Waals surface area contributed by atoms with E-state index in [1.165, 1.54) is 0 Å². The third kappa shape index (κ3) is 2.99. The highest BCUT2D eigenvalue weighted by Gasteiger charge is 2.38. The van der Waals surface area contributed by atoms with Crippen molar-refractivity contribution in [3.63, 3.8) is 0 Å². The van der Waals surface area contributed by atoms with E-state index in [0.717, 1.165) is 16.0 Å². The highest BCUT2D eigenvalue weighted by atomic mass is 32.1. The van der Waals surface area contributed by atoms with Gasteiger partial charge in [0.1, 0.15) is 6.10 Å². The molecule has 3 aromatic rings. The van der Waals surface area contributed by atoms with Crippen LogP contribution in [0.15, 0.2) is 41.8 Å². The fourth-order valence-electron chi connectivity index (χ4n) is 3.70. The summed E-state index contributed by atoms with van der Waals surface area (Å²) in [4.78, 5) is 30.2. The molecule has 3 heterocycles. The number of ether oxygens (including phenoxy) is 1. The van der Waals surface area contributed by atoms with E-state index in [4.69, 9.17) is 4.74 Å². The molecular formula is C22H19NO4S. The number of hydrogen-bond acceptors (Lipinski definition) is 5. The molecule has 28 heavy (non-hydrogen) atoms. The first-order valence-corrected chi connectivity index (χ1v) is 9.98. The van der Waals surface area contributed by atoms with Crippen molar-refractivity contribution in [1.29, 1.82) is 0 Å². The molecule has 2 aromatic heterocycles. The number of thiophene rings is 1. The van der Waals surface area contributed by atoms with E-state index in [2.05, 4.69) is 4.98 Å². The van der Waals surface area contributed by atoms with E-state index in [-0.39, 0.29) is 5.56 Å². The lowest BCUT2D eigenvalue weighted by Gasteiger charge is -2.14. The largest absolute Gasteiger partial charge is 0.478 e. The molecular weight excluding hydrogens is 374 g/mol. The number of pyridine rings is 1. The molecule has 1 aliphatic heterocycles. The van der Waals surface area contributed by atoms with Gasteiger partial charge in [0.05, 0.1) is 22.5 Å². The number of fused-ring (bicyclic) bond motifs is 1. The quantitative estimate of drug-likeness (QED) is 0.615. The monoisotopic (exact) mass is 393 g/mol. The molecule has 0 saturated heterocycles. The summed E-state index contributed by atoms with van der Waals surface area (Å²) >= 11 is 1.55. The van der Waals surface area contributed by atoms with Gasteiger partial charge >= 0.3 is 11.9 Å². The number of aromatic nitrogens is 1. The lowest BCUT2D eigenvalue weighted by Crippen LogP contribution is -2.11. The van der Waals surface area contributed by atoms with Crippen LogP contribution in [0.2, 0.25) is 0 Å². The minimum Gasteiger partial charge on any atom is -0.478 e. The van der Waals surface area contributed by atoms with Crippen LogP contribution >= 0.6 is 11.3 Å². The minimum atomic E-state index is -1.09. The molecule has 0 saturated carbocycles. The number of carbonyl (C=O) groups is 2. The maximum absolute atomic E-state index is 12.7. The zero-order chi connectivity index (χ0) is 19.8. The number of carbonyl (C=O) groups excluding carboxylic acids is 1. The number of carboxylic acids is 1. The summed E-state index contributed by atoms with van der Waals surface area (Å²) in [5.41, 5.74) is 3.63.